The molecule has 0 spiro atoms. The van der Waals surface area contributed by atoms with E-state index in [1.807, 2.05) is 19.1 Å². The maximum Gasteiger partial charge on any atom is 0.259 e. The van der Waals surface area contributed by atoms with Crippen LogP contribution in [0.4, 0.5) is 0 Å². The highest BCUT2D eigenvalue weighted by Gasteiger charge is 2.11. The Morgan fingerprint density at radius 3 is 2.96 bits per heavy atom. The van der Waals surface area contributed by atoms with E-state index in [2.05, 4.69) is 10.2 Å². The molecule has 0 unspecified atom stereocenters. The number of thiophene rings is 1. The van der Waals surface area contributed by atoms with E-state index in [0.29, 0.717) is 11.9 Å². The van der Waals surface area contributed by atoms with E-state index < -0.39 is 0 Å². The normalized spacial score (nSPS) is 15.9. The van der Waals surface area contributed by atoms with Gasteiger partial charge in [0.15, 0.2) is 0 Å². The third-order valence-corrected chi connectivity index (χ3v) is 4.96. The van der Waals surface area contributed by atoms with Gasteiger partial charge >= 0.3 is 0 Å². The van der Waals surface area contributed by atoms with Crippen LogP contribution in [-0.2, 0) is 16.1 Å². The van der Waals surface area contributed by atoms with Crippen molar-refractivity contribution in [3.63, 3.8) is 0 Å². The summed E-state index contributed by atoms with van der Waals surface area (Å²) in [6.07, 6.45) is 1.70. The van der Waals surface area contributed by atoms with E-state index in [1.54, 1.807) is 17.5 Å². The molecule has 6 nitrogen and oxygen atoms in total. The van der Waals surface area contributed by atoms with Crippen LogP contribution in [0.25, 0.3) is 10.1 Å². The molecule has 1 fully saturated rings. The molecular weight excluding hydrogens is 314 g/mol. The topological polar surface area (TPSA) is 63.6 Å². The molecule has 3 rings (SSSR count). The summed E-state index contributed by atoms with van der Waals surface area (Å²) in [6, 6.07) is 3.78. The molecule has 7 heteroatoms. The molecule has 2 aromatic heterocycles. The number of fused-ring (bicyclic) bond motifs is 1. The largest absolute Gasteiger partial charge is 0.379 e. The van der Waals surface area contributed by atoms with Crippen LogP contribution in [0, 0.1) is 6.92 Å². The Balaban J connectivity index is 1.55. The lowest BCUT2D eigenvalue weighted by Gasteiger charge is -2.26. The highest BCUT2D eigenvalue weighted by molar-refractivity contribution is 7.18. The van der Waals surface area contributed by atoms with Crippen molar-refractivity contribution in [2.75, 3.05) is 39.4 Å². The number of hydrogen-bond acceptors (Lipinski definition) is 5. The van der Waals surface area contributed by atoms with E-state index in [9.17, 15) is 9.59 Å². The molecule has 124 valence electrons. The summed E-state index contributed by atoms with van der Waals surface area (Å²) in [6.45, 7) is 6.76. The Bertz CT molecular complexity index is 747. The number of ether oxygens (including phenoxy) is 1. The average Bonchev–Trinajstić information content (AvgIpc) is 2.93. The molecular formula is C16H21N3O3S. The van der Waals surface area contributed by atoms with Crippen LogP contribution in [0.3, 0.4) is 0 Å². The fraction of sp³-hybridized carbons (Fsp3) is 0.500. The van der Waals surface area contributed by atoms with Gasteiger partial charge in [0.2, 0.25) is 5.91 Å². The fourth-order valence-corrected chi connectivity index (χ4v) is 3.63. The zero-order valence-electron chi connectivity index (χ0n) is 13.2. The van der Waals surface area contributed by atoms with Gasteiger partial charge in [-0.25, -0.2) is 0 Å². The Labute approximate surface area is 138 Å². The van der Waals surface area contributed by atoms with Gasteiger partial charge in [-0.15, -0.1) is 11.3 Å². The Morgan fingerprint density at radius 1 is 1.39 bits per heavy atom. The van der Waals surface area contributed by atoms with Gasteiger partial charge in [-0.2, -0.15) is 0 Å². The smallest absolute Gasteiger partial charge is 0.259 e. The van der Waals surface area contributed by atoms with Gasteiger partial charge in [-0.1, -0.05) is 0 Å². The number of amides is 1. The number of rotatable bonds is 5. The average molecular weight is 335 g/mol. The summed E-state index contributed by atoms with van der Waals surface area (Å²) in [7, 11) is 0. The summed E-state index contributed by atoms with van der Waals surface area (Å²) in [5, 5.41) is 3.57. The molecule has 0 bridgehead atoms. The zero-order chi connectivity index (χ0) is 16.2. The number of carbonyl (C=O) groups is 1. The van der Waals surface area contributed by atoms with Crippen molar-refractivity contribution in [1.29, 1.82) is 0 Å². The number of pyridine rings is 1. The molecule has 23 heavy (non-hydrogen) atoms. The second-order valence-corrected chi connectivity index (χ2v) is 6.98. The minimum Gasteiger partial charge on any atom is -0.379 e. The molecule has 0 saturated carbocycles. The Kier molecular flexibility index (Phi) is 5.09. The number of aromatic nitrogens is 1. The SMILES string of the molecule is Cc1cc2c(=O)n(CC(=O)NCCN3CCOCC3)ccc2s1. The molecule has 1 saturated heterocycles. The van der Waals surface area contributed by atoms with Crippen molar-refractivity contribution >= 4 is 27.3 Å². The zero-order valence-corrected chi connectivity index (χ0v) is 14.0. The minimum absolute atomic E-state index is 0.0623. The number of aryl methyl sites for hydroxylation is 1. The molecule has 0 atom stereocenters. The van der Waals surface area contributed by atoms with Crippen LogP contribution >= 0.6 is 11.3 Å². The van der Waals surface area contributed by atoms with Gasteiger partial charge in [0.25, 0.3) is 5.56 Å². The summed E-state index contributed by atoms with van der Waals surface area (Å²) in [4.78, 5) is 27.8. The van der Waals surface area contributed by atoms with Crippen molar-refractivity contribution in [2.24, 2.45) is 0 Å². The van der Waals surface area contributed by atoms with Crippen molar-refractivity contribution in [1.82, 2.24) is 14.8 Å². The molecule has 1 N–H and O–H groups in total. The number of carbonyl (C=O) groups excluding carboxylic acids is 1. The first kappa shape index (κ1) is 16.2. The van der Waals surface area contributed by atoms with Crippen LogP contribution < -0.4 is 10.9 Å². The third-order valence-electron chi connectivity index (χ3n) is 3.95. The number of hydrogen-bond donors (Lipinski definition) is 1. The summed E-state index contributed by atoms with van der Waals surface area (Å²) < 4.78 is 7.73. The maximum absolute atomic E-state index is 12.4. The van der Waals surface area contributed by atoms with Crippen LogP contribution in [-0.4, -0.2) is 54.8 Å². The van der Waals surface area contributed by atoms with E-state index >= 15 is 0 Å². The molecule has 0 radical (unpaired) electrons. The van der Waals surface area contributed by atoms with E-state index in [1.165, 1.54) is 4.57 Å². The molecule has 2 aromatic rings. The van der Waals surface area contributed by atoms with Gasteiger partial charge in [0.1, 0.15) is 6.54 Å². The first-order valence-electron chi connectivity index (χ1n) is 7.80. The molecule has 3 heterocycles. The number of nitrogens with one attached hydrogen (secondary N) is 1. The highest BCUT2D eigenvalue weighted by atomic mass is 32.1. The van der Waals surface area contributed by atoms with Crippen LogP contribution in [0.1, 0.15) is 4.88 Å². The molecule has 1 aliphatic heterocycles. The third kappa shape index (κ3) is 3.99. The van der Waals surface area contributed by atoms with Gasteiger partial charge in [-0.3, -0.25) is 14.5 Å². The predicted octanol–water partition coefficient (Wildman–Crippen LogP) is 0.820. The van der Waals surface area contributed by atoms with Gasteiger partial charge in [0, 0.05) is 42.0 Å². The monoisotopic (exact) mass is 335 g/mol. The Morgan fingerprint density at radius 2 is 2.17 bits per heavy atom. The lowest BCUT2D eigenvalue weighted by Crippen LogP contribution is -2.42. The Hall–Kier alpha value is -1.70. The van der Waals surface area contributed by atoms with Crippen molar-refractivity contribution in [2.45, 2.75) is 13.5 Å². The molecule has 0 aliphatic carbocycles. The highest BCUT2D eigenvalue weighted by Crippen LogP contribution is 2.21. The van der Waals surface area contributed by atoms with Crippen LogP contribution in [0.5, 0.6) is 0 Å². The summed E-state index contributed by atoms with van der Waals surface area (Å²) in [5.74, 6) is -0.133. The van der Waals surface area contributed by atoms with Crippen molar-refractivity contribution in [3.8, 4) is 0 Å². The standard InChI is InChI=1S/C16H21N3O3S/c1-12-10-13-14(23-12)2-4-19(16(13)21)11-15(20)17-3-5-18-6-8-22-9-7-18/h2,4,10H,3,5-9,11H2,1H3,(H,17,20). The van der Waals surface area contributed by atoms with Gasteiger partial charge in [-0.05, 0) is 19.1 Å². The first-order valence-corrected chi connectivity index (χ1v) is 8.61. The predicted molar refractivity (Wildman–Crippen MR) is 91.1 cm³/mol. The molecule has 1 amide bonds. The summed E-state index contributed by atoms with van der Waals surface area (Å²) >= 11 is 1.59. The van der Waals surface area contributed by atoms with Gasteiger partial charge in [0.05, 0.1) is 18.6 Å². The van der Waals surface area contributed by atoms with Crippen molar-refractivity contribution in [3.05, 3.63) is 33.6 Å². The molecule has 1 aliphatic rings. The molecule has 0 aromatic carbocycles. The van der Waals surface area contributed by atoms with Gasteiger partial charge < -0.3 is 14.6 Å². The lowest BCUT2D eigenvalue weighted by molar-refractivity contribution is -0.121. The first-order chi connectivity index (χ1) is 11.1. The quantitative estimate of drug-likeness (QED) is 0.879. The summed E-state index contributed by atoms with van der Waals surface area (Å²) in [5.41, 5.74) is -0.102. The second-order valence-electron chi connectivity index (χ2n) is 5.69. The second kappa shape index (κ2) is 7.25. The lowest BCUT2D eigenvalue weighted by atomic mass is 10.3. The fourth-order valence-electron chi connectivity index (χ4n) is 2.72. The van der Waals surface area contributed by atoms with E-state index in [-0.39, 0.29) is 18.0 Å². The van der Waals surface area contributed by atoms with Crippen molar-refractivity contribution < 1.29 is 9.53 Å². The van der Waals surface area contributed by atoms with Crippen LogP contribution in [0.15, 0.2) is 23.1 Å². The van der Waals surface area contributed by atoms with E-state index in [4.69, 9.17) is 4.74 Å². The number of morpholine rings is 1. The van der Waals surface area contributed by atoms with Crippen LogP contribution in [0.2, 0.25) is 0 Å². The van der Waals surface area contributed by atoms with E-state index in [0.717, 1.165) is 42.4 Å². The minimum atomic E-state index is -0.133. The maximum atomic E-state index is 12.4. The number of nitrogens with zero attached hydrogens (tertiary/aromatic N) is 2.